The van der Waals surface area contributed by atoms with E-state index < -0.39 is 0 Å². The van der Waals surface area contributed by atoms with E-state index in [0.717, 1.165) is 23.7 Å². The van der Waals surface area contributed by atoms with Gasteiger partial charge in [0, 0.05) is 15.9 Å². The molecular formula is C16H21BrClNO. The van der Waals surface area contributed by atoms with Gasteiger partial charge in [0.2, 0.25) is 0 Å². The number of hydrogen-bond acceptors (Lipinski definition) is 1. The molecule has 20 heavy (non-hydrogen) atoms. The maximum absolute atomic E-state index is 12.5. The molecule has 1 aliphatic carbocycles. The molecule has 0 heterocycles. The van der Waals surface area contributed by atoms with Gasteiger partial charge in [0.15, 0.2) is 0 Å². The zero-order valence-electron chi connectivity index (χ0n) is 12.0. The fourth-order valence-electron chi connectivity index (χ4n) is 3.12. The second-order valence-electron chi connectivity index (χ2n) is 6.03. The Morgan fingerprint density at radius 2 is 2.30 bits per heavy atom. The monoisotopic (exact) mass is 357 g/mol. The van der Waals surface area contributed by atoms with Crippen LogP contribution >= 0.6 is 27.5 Å². The third kappa shape index (κ3) is 3.56. The molecule has 1 N–H and O–H groups in total. The van der Waals surface area contributed by atoms with Gasteiger partial charge < -0.3 is 5.32 Å². The highest BCUT2D eigenvalue weighted by molar-refractivity contribution is 9.09. The van der Waals surface area contributed by atoms with Crippen LogP contribution in [0.5, 0.6) is 0 Å². The Hall–Kier alpha value is -0.540. The van der Waals surface area contributed by atoms with Crippen LogP contribution in [0, 0.1) is 12.8 Å². The van der Waals surface area contributed by atoms with E-state index in [2.05, 4.69) is 28.2 Å². The van der Waals surface area contributed by atoms with Gasteiger partial charge in [-0.3, -0.25) is 4.79 Å². The minimum Gasteiger partial charge on any atom is -0.346 e. The maximum atomic E-state index is 12.5. The number of benzene rings is 1. The van der Waals surface area contributed by atoms with Crippen LogP contribution in [0.3, 0.4) is 0 Å². The average molecular weight is 359 g/mol. The summed E-state index contributed by atoms with van der Waals surface area (Å²) < 4.78 is 0. The summed E-state index contributed by atoms with van der Waals surface area (Å²) >= 11 is 9.54. The van der Waals surface area contributed by atoms with Gasteiger partial charge in [-0.05, 0) is 49.4 Å². The van der Waals surface area contributed by atoms with Gasteiger partial charge in [-0.25, -0.2) is 0 Å². The van der Waals surface area contributed by atoms with Crippen molar-refractivity contribution in [2.24, 2.45) is 5.92 Å². The van der Waals surface area contributed by atoms with E-state index >= 15 is 0 Å². The molecule has 2 atom stereocenters. The van der Waals surface area contributed by atoms with E-state index in [4.69, 9.17) is 11.6 Å². The summed E-state index contributed by atoms with van der Waals surface area (Å²) in [6.45, 7) is 4.18. The molecule has 1 aliphatic rings. The van der Waals surface area contributed by atoms with Crippen molar-refractivity contribution in [3.63, 3.8) is 0 Å². The fraction of sp³-hybridized carbons (Fsp3) is 0.562. The highest BCUT2D eigenvalue weighted by Crippen LogP contribution is 2.34. The smallest absolute Gasteiger partial charge is 0.252 e. The fourth-order valence-corrected chi connectivity index (χ4v) is 3.99. The number of rotatable bonds is 3. The van der Waals surface area contributed by atoms with Crippen molar-refractivity contribution in [1.29, 1.82) is 0 Å². The van der Waals surface area contributed by atoms with E-state index in [9.17, 15) is 4.79 Å². The normalized spacial score (nSPS) is 26.3. The number of alkyl halides is 1. The zero-order chi connectivity index (χ0) is 14.8. The lowest BCUT2D eigenvalue weighted by molar-refractivity contribution is 0.0869. The molecule has 1 amide bonds. The molecule has 0 aromatic heterocycles. The van der Waals surface area contributed by atoms with Crippen molar-refractivity contribution in [3.05, 3.63) is 34.3 Å². The lowest BCUT2D eigenvalue weighted by Gasteiger charge is -2.39. The van der Waals surface area contributed by atoms with Crippen LogP contribution in [0.1, 0.15) is 48.5 Å². The second-order valence-corrected chi connectivity index (χ2v) is 7.03. The second kappa shape index (κ2) is 6.48. The molecule has 1 saturated carbocycles. The molecule has 0 aliphatic heterocycles. The molecule has 0 bridgehead atoms. The number of nitrogens with one attached hydrogen (secondary N) is 1. The summed E-state index contributed by atoms with van der Waals surface area (Å²) in [4.78, 5) is 12.5. The minimum atomic E-state index is -0.110. The molecule has 2 nitrogen and oxygen atoms in total. The molecule has 4 heteroatoms. The van der Waals surface area contributed by atoms with Crippen molar-refractivity contribution in [2.75, 3.05) is 5.33 Å². The van der Waals surface area contributed by atoms with Gasteiger partial charge in [-0.2, -0.15) is 0 Å². The molecule has 0 radical (unpaired) electrons. The predicted octanol–water partition coefficient (Wildman–Crippen LogP) is 4.72. The van der Waals surface area contributed by atoms with Crippen molar-refractivity contribution in [1.82, 2.24) is 5.32 Å². The lowest BCUT2D eigenvalue weighted by Crippen LogP contribution is -2.52. The Balaban J connectivity index is 2.16. The molecule has 1 aromatic rings. The Morgan fingerprint density at radius 3 is 2.90 bits per heavy atom. The van der Waals surface area contributed by atoms with Crippen molar-refractivity contribution >= 4 is 33.4 Å². The van der Waals surface area contributed by atoms with Crippen LogP contribution in [-0.2, 0) is 0 Å². The van der Waals surface area contributed by atoms with Crippen LogP contribution in [0.2, 0.25) is 5.02 Å². The molecule has 1 fully saturated rings. The van der Waals surface area contributed by atoms with Gasteiger partial charge in [0.25, 0.3) is 5.91 Å². The van der Waals surface area contributed by atoms with E-state index in [0.29, 0.717) is 16.5 Å². The largest absolute Gasteiger partial charge is 0.346 e. The number of amides is 1. The molecule has 2 rings (SSSR count). The summed E-state index contributed by atoms with van der Waals surface area (Å²) in [7, 11) is 0. The van der Waals surface area contributed by atoms with Crippen LogP contribution in [0.4, 0.5) is 0 Å². The predicted molar refractivity (Wildman–Crippen MR) is 87.8 cm³/mol. The average Bonchev–Trinajstić information content (AvgIpc) is 2.38. The van der Waals surface area contributed by atoms with E-state index in [1.165, 1.54) is 12.8 Å². The number of halogens is 2. The first kappa shape index (κ1) is 15.8. The summed E-state index contributed by atoms with van der Waals surface area (Å²) in [6.07, 6.45) is 4.51. The van der Waals surface area contributed by atoms with Gasteiger partial charge in [0.05, 0.1) is 5.54 Å². The molecular weight excluding hydrogens is 338 g/mol. The molecule has 1 aromatic carbocycles. The Morgan fingerprint density at radius 1 is 1.55 bits per heavy atom. The summed E-state index contributed by atoms with van der Waals surface area (Å²) in [5.74, 6) is 0.667. The Bertz CT molecular complexity index is 505. The van der Waals surface area contributed by atoms with E-state index in [1.807, 2.05) is 13.0 Å². The van der Waals surface area contributed by atoms with Crippen LogP contribution in [0.25, 0.3) is 0 Å². The minimum absolute atomic E-state index is 0.00715. The summed E-state index contributed by atoms with van der Waals surface area (Å²) in [5, 5.41) is 4.74. The number of aryl methyl sites for hydroxylation is 1. The number of carbonyl (C=O) groups excluding carboxylic acids is 1. The van der Waals surface area contributed by atoms with E-state index in [1.54, 1.807) is 12.1 Å². The quantitative estimate of drug-likeness (QED) is 0.778. The van der Waals surface area contributed by atoms with Crippen LogP contribution < -0.4 is 5.32 Å². The highest BCUT2D eigenvalue weighted by Gasteiger charge is 2.35. The molecule has 2 unspecified atom stereocenters. The van der Waals surface area contributed by atoms with Gasteiger partial charge in [-0.15, -0.1) is 0 Å². The van der Waals surface area contributed by atoms with Crippen molar-refractivity contribution in [3.8, 4) is 0 Å². The maximum Gasteiger partial charge on any atom is 0.252 e. The first-order valence-electron chi connectivity index (χ1n) is 7.10. The lowest BCUT2D eigenvalue weighted by atomic mass is 9.77. The first-order chi connectivity index (χ1) is 9.46. The van der Waals surface area contributed by atoms with Crippen molar-refractivity contribution < 1.29 is 4.79 Å². The number of hydrogen-bond donors (Lipinski definition) is 1. The molecule has 0 spiro atoms. The summed E-state index contributed by atoms with van der Waals surface area (Å²) in [5.41, 5.74) is 1.53. The first-order valence-corrected chi connectivity index (χ1v) is 8.60. The van der Waals surface area contributed by atoms with Gasteiger partial charge in [0.1, 0.15) is 0 Å². The van der Waals surface area contributed by atoms with Crippen LogP contribution in [0.15, 0.2) is 18.2 Å². The van der Waals surface area contributed by atoms with Gasteiger partial charge >= 0.3 is 0 Å². The Kier molecular flexibility index (Phi) is 5.14. The topological polar surface area (TPSA) is 29.1 Å². The third-order valence-electron chi connectivity index (χ3n) is 4.16. The van der Waals surface area contributed by atoms with Gasteiger partial charge in [-0.1, -0.05) is 47.3 Å². The van der Waals surface area contributed by atoms with Crippen molar-refractivity contribution in [2.45, 2.75) is 45.1 Å². The zero-order valence-corrected chi connectivity index (χ0v) is 14.4. The highest BCUT2D eigenvalue weighted by atomic mass is 79.9. The SMILES string of the molecule is Cc1cc(Cl)ccc1C(=O)NC1(CBr)CCCC(C)C1. The van der Waals surface area contributed by atoms with E-state index in [-0.39, 0.29) is 11.4 Å². The van der Waals surface area contributed by atoms with Crippen LogP contribution in [-0.4, -0.2) is 16.8 Å². The molecule has 0 saturated heterocycles. The summed E-state index contributed by atoms with van der Waals surface area (Å²) in [6, 6.07) is 5.41. The third-order valence-corrected chi connectivity index (χ3v) is 5.47. The number of carbonyl (C=O) groups is 1. The standard InChI is InChI=1S/C16H21BrClNO/c1-11-4-3-7-16(9-11,10-17)19-15(20)14-6-5-13(18)8-12(14)2/h5-6,8,11H,3-4,7,9-10H2,1-2H3,(H,19,20). The Labute approximate surface area is 134 Å². The molecule has 110 valence electrons.